The number of amides is 1. The molecule has 0 fully saturated rings. The van der Waals surface area contributed by atoms with Crippen LogP contribution in [0.4, 0.5) is 4.39 Å². The summed E-state index contributed by atoms with van der Waals surface area (Å²) in [6.07, 6.45) is 3.65. The maximum atomic E-state index is 15.2. The number of nitrogens with zero attached hydrogens (tertiary/aromatic N) is 3. The summed E-state index contributed by atoms with van der Waals surface area (Å²) in [6, 6.07) is 12.6. The van der Waals surface area contributed by atoms with E-state index in [-0.39, 0.29) is 35.8 Å². The fraction of sp³-hybridized carbons (Fsp3) is 0.259. The molecule has 1 aromatic heterocycles. The summed E-state index contributed by atoms with van der Waals surface area (Å²) in [5.74, 6) is -1.87. The Labute approximate surface area is 213 Å². The van der Waals surface area contributed by atoms with Crippen LogP contribution in [0.2, 0.25) is 5.02 Å². The number of fused-ring (bicyclic) bond motifs is 1. The Morgan fingerprint density at radius 1 is 1.17 bits per heavy atom. The topological polar surface area (TPSA) is 75.0 Å². The minimum atomic E-state index is -0.692. The normalized spacial score (nSPS) is 14.8. The maximum Gasteiger partial charge on any atom is 0.278 e. The van der Waals surface area contributed by atoms with Gasteiger partial charge < -0.3 is 14.7 Å². The number of carbonyl (C=O) groups excluding carboxylic acids is 1. The Bertz CT molecular complexity index is 1340. The highest BCUT2D eigenvalue weighted by Crippen LogP contribution is 2.40. The van der Waals surface area contributed by atoms with Crippen LogP contribution in [0.1, 0.15) is 47.9 Å². The first kappa shape index (κ1) is 25.3. The van der Waals surface area contributed by atoms with Gasteiger partial charge in [-0.2, -0.15) is 0 Å². The summed E-state index contributed by atoms with van der Waals surface area (Å²) < 4.78 is 22.4. The van der Waals surface area contributed by atoms with Crippen molar-refractivity contribution in [2.24, 2.45) is 0 Å². The first-order chi connectivity index (χ1) is 17.3. The number of rotatable bonds is 8. The second kappa shape index (κ2) is 10.5. The standard InChI is InChI=1S/C27H27ClFN3O4/c1-4-18(5-2)30-16-32(31-15-14-21(33)25(34)24(31)27(30)35)23(17-10-8-7-9-11-17)19-12-13-20(28)22(29)26(19)36-6-3/h4,7-15,18,23,34H,1,5-6,16H2,2-3H3/t18-,23-/m0/s1. The summed E-state index contributed by atoms with van der Waals surface area (Å²) in [6.45, 7) is 7.78. The van der Waals surface area contributed by atoms with E-state index in [1.54, 1.807) is 24.1 Å². The Hall–Kier alpha value is -3.78. The molecule has 1 aliphatic heterocycles. The third kappa shape index (κ3) is 4.33. The quantitative estimate of drug-likeness (QED) is 0.438. The molecule has 3 aromatic rings. The zero-order valence-electron chi connectivity index (χ0n) is 20.0. The Kier molecular flexibility index (Phi) is 7.35. The SMILES string of the molecule is C=C[C@@H](CC)N1CN([C@@H](c2ccccc2)c2ccc(Cl)c(F)c2OCC)n2ccc(=O)c(O)c2C1=O. The minimum Gasteiger partial charge on any atom is -0.502 e. The third-order valence-electron chi connectivity index (χ3n) is 6.26. The van der Waals surface area contributed by atoms with Gasteiger partial charge in [0.2, 0.25) is 5.43 Å². The summed E-state index contributed by atoms with van der Waals surface area (Å²) >= 11 is 6.09. The number of ether oxygens (including phenoxy) is 1. The monoisotopic (exact) mass is 511 g/mol. The van der Waals surface area contributed by atoms with E-state index in [2.05, 4.69) is 6.58 Å². The fourth-order valence-corrected chi connectivity index (χ4v) is 4.68. The summed E-state index contributed by atoms with van der Waals surface area (Å²) in [7, 11) is 0. The first-order valence-corrected chi connectivity index (χ1v) is 12.0. The highest BCUT2D eigenvalue weighted by atomic mass is 35.5. The smallest absolute Gasteiger partial charge is 0.278 e. The van der Waals surface area contributed by atoms with Gasteiger partial charge in [0.25, 0.3) is 5.91 Å². The maximum absolute atomic E-state index is 15.2. The fourth-order valence-electron chi connectivity index (χ4n) is 4.53. The van der Waals surface area contributed by atoms with Crippen LogP contribution in [0, 0.1) is 5.82 Å². The lowest BCUT2D eigenvalue weighted by Gasteiger charge is -2.46. The molecular formula is C27H27ClFN3O4. The van der Waals surface area contributed by atoms with Crippen molar-refractivity contribution >= 4 is 17.5 Å². The Balaban J connectivity index is 2.03. The van der Waals surface area contributed by atoms with Gasteiger partial charge in [0.15, 0.2) is 23.0 Å². The van der Waals surface area contributed by atoms with Gasteiger partial charge in [0.05, 0.1) is 17.7 Å². The van der Waals surface area contributed by atoms with Crippen molar-refractivity contribution in [3.05, 3.63) is 105 Å². The van der Waals surface area contributed by atoms with Crippen molar-refractivity contribution in [1.29, 1.82) is 0 Å². The number of halogens is 2. The van der Waals surface area contributed by atoms with E-state index in [0.717, 1.165) is 5.56 Å². The zero-order valence-corrected chi connectivity index (χ0v) is 20.8. The van der Waals surface area contributed by atoms with Crippen LogP contribution in [0.15, 0.2) is 72.2 Å². The number of hydrogen-bond acceptors (Lipinski definition) is 5. The van der Waals surface area contributed by atoms with E-state index in [0.29, 0.717) is 12.0 Å². The predicted octanol–water partition coefficient (Wildman–Crippen LogP) is 4.85. The highest BCUT2D eigenvalue weighted by Gasteiger charge is 2.39. The number of aromatic nitrogens is 1. The molecule has 188 valence electrons. The van der Waals surface area contributed by atoms with E-state index in [1.165, 1.54) is 27.9 Å². The van der Waals surface area contributed by atoms with Crippen molar-refractivity contribution in [2.75, 3.05) is 18.3 Å². The Morgan fingerprint density at radius 2 is 1.89 bits per heavy atom. The highest BCUT2D eigenvalue weighted by molar-refractivity contribution is 6.30. The molecule has 0 unspecified atom stereocenters. The van der Waals surface area contributed by atoms with Crippen molar-refractivity contribution in [2.45, 2.75) is 32.4 Å². The van der Waals surface area contributed by atoms with Crippen LogP contribution in [-0.2, 0) is 0 Å². The van der Waals surface area contributed by atoms with Gasteiger partial charge in [-0.15, -0.1) is 6.58 Å². The molecule has 7 nitrogen and oxygen atoms in total. The zero-order chi connectivity index (χ0) is 26.0. The number of carbonyl (C=O) groups is 1. The van der Waals surface area contributed by atoms with Gasteiger partial charge in [0.1, 0.15) is 12.7 Å². The molecule has 2 heterocycles. The second-order valence-electron chi connectivity index (χ2n) is 8.31. The van der Waals surface area contributed by atoms with Gasteiger partial charge in [-0.05, 0) is 25.0 Å². The van der Waals surface area contributed by atoms with E-state index < -0.39 is 28.9 Å². The van der Waals surface area contributed by atoms with Gasteiger partial charge in [-0.1, -0.05) is 61.0 Å². The molecule has 0 aliphatic carbocycles. The molecule has 0 saturated carbocycles. The number of hydrogen-bond donors (Lipinski definition) is 1. The molecule has 1 N–H and O–H groups in total. The van der Waals surface area contributed by atoms with Gasteiger partial charge in [-0.3, -0.25) is 19.3 Å². The minimum absolute atomic E-state index is 0.00937. The molecule has 9 heteroatoms. The van der Waals surface area contributed by atoms with E-state index >= 15 is 4.39 Å². The molecule has 4 rings (SSSR count). The van der Waals surface area contributed by atoms with Crippen molar-refractivity contribution in [1.82, 2.24) is 9.58 Å². The van der Waals surface area contributed by atoms with Crippen LogP contribution in [0.5, 0.6) is 11.5 Å². The molecule has 0 spiro atoms. The number of pyridine rings is 1. The Morgan fingerprint density at radius 3 is 2.53 bits per heavy atom. The van der Waals surface area contributed by atoms with Gasteiger partial charge >= 0.3 is 0 Å². The molecule has 2 aromatic carbocycles. The number of benzene rings is 2. The molecule has 36 heavy (non-hydrogen) atoms. The summed E-state index contributed by atoms with van der Waals surface area (Å²) in [4.78, 5) is 27.4. The molecule has 1 amide bonds. The van der Waals surface area contributed by atoms with Crippen LogP contribution >= 0.6 is 11.6 Å². The lowest BCUT2D eigenvalue weighted by Crippen LogP contribution is -2.57. The predicted molar refractivity (Wildman–Crippen MR) is 137 cm³/mol. The second-order valence-corrected chi connectivity index (χ2v) is 8.72. The average molecular weight is 512 g/mol. The van der Waals surface area contributed by atoms with E-state index in [4.69, 9.17) is 16.3 Å². The average Bonchev–Trinajstić information content (AvgIpc) is 2.88. The van der Waals surface area contributed by atoms with Crippen molar-refractivity contribution in [3.8, 4) is 11.5 Å². The third-order valence-corrected chi connectivity index (χ3v) is 6.55. The number of aromatic hydroxyl groups is 1. The van der Waals surface area contributed by atoms with Crippen LogP contribution < -0.4 is 15.2 Å². The van der Waals surface area contributed by atoms with E-state index in [9.17, 15) is 14.7 Å². The van der Waals surface area contributed by atoms with Crippen molar-refractivity contribution < 1.29 is 19.0 Å². The lowest BCUT2D eigenvalue weighted by molar-refractivity contribution is 0.0626. The largest absolute Gasteiger partial charge is 0.502 e. The summed E-state index contributed by atoms with van der Waals surface area (Å²) in [5.41, 5.74) is 0.384. The van der Waals surface area contributed by atoms with Crippen molar-refractivity contribution in [3.63, 3.8) is 0 Å². The molecule has 1 aliphatic rings. The molecule has 0 bridgehead atoms. The van der Waals surface area contributed by atoms with E-state index in [1.807, 2.05) is 37.3 Å². The molecule has 0 radical (unpaired) electrons. The lowest BCUT2D eigenvalue weighted by atomic mass is 9.96. The van der Waals surface area contributed by atoms with Crippen LogP contribution in [0.25, 0.3) is 0 Å². The van der Waals surface area contributed by atoms with Crippen LogP contribution in [0.3, 0.4) is 0 Å². The van der Waals surface area contributed by atoms with Gasteiger partial charge in [-0.25, -0.2) is 4.39 Å². The molecular weight excluding hydrogens is 485 g/mol. The molecule has 2 atom stereocenters. The van der Waals surface area contributed by atoms with Gasteiger partial charge in [0, 0.05) is 17.8 Å². The van der Waals surface area contributed by atoms with Crippen LogP contribution in [-0.4, -0.2) is 39.9 Å². The molecule has 0 saturated heterocycles. The summed E-state index contributed by atoms with van der Waals surface area (Å²) in [5, 5.41) is 12.4. The first-order valence-electron chi connectivity index (χ1n) is 11.6.